The first-order valence-corrected chi connectivity index (χ1v) is 13.3. The van der Waals surface area contributed by atoms with E-state index in [1.165, 1.54) is 24.6 Å². The van der Waals surface area contributed by atoms with Crippen molar-refractivity contribution in [2.24, 2.45) is 11.8 Å². The summed E-state index contributed by atoms with van der Waals surface area (Å²) in [5.74, 6) is -1.74. The van der Waals surface area contributed by atoms with E-state index in [-0.39, 0.29) is 47.7 Å². The van der Waals surface area contributed by atoms with Gasteiger partial charge in [-0.15, -0.1) is 0 Å². The molecule has 13 heteroatoms. The Labute approximate surface area is 239 Å². The molecule has 2 aliphatic heterocycles. The van der Waals surface area contributed by atoms with E-state index in [9.17, 15) is 9.59 Å². The van der Waals surface area contributed by atoms with Crippen molar-refractivity contribution in [2.75, 3.05) is 31.1 Å². The van der Waals surface area contributed by atoms with Gasteiger partial charge in [-0.2, -0.15) is 0 Å². The standard InChI is InChI=1S/C29H27F2N5O6/c1-28(2,3)42-26(37)35-13-19-20(14-35)29(19,32-4)23-6-5-16(11-33-23)25-21(30)9-17(10-22(25)31)36-12-18(41-27(36)38)15-39-24-7-8-40-34-24/h5-11,18-20H,12-15H2,1-3H3/t18-,19-,20+,29?/m1/s1. The van der Waals surface area contributed by atoms with E-state index in [0.29, 0.717) is 18.8 Å². The van der Waals surface area contributed by atoms with Crippen molar-refractivity contribution < 1.29 is 37.1 Å². The molecule has 0 bridgehead atoms. The van der Waals surface area contributed by atoms with Crippen molar-refractivity contribution in [2.45, 2.75) is 38.0 Å². The Balaban J connectivity index is 1.14. The Morgan fingerprint density at radius 1 is 1.17 bits per heavy atom. The largest absolute Gasteiger partial charge is 0.471 e. The van der Waals surface area contributed by atoms with Gasteiger partial charge in [-0.1, -0.05) is 6.07 Å². The van der Waals surface area contributed by atoms with Crippen LogP contribution in [0.4, 0.5) is 24.1 Å². The van der Waals surface area contributed by atoms with E-state index in [0.717, 1.165) is 17.0 Å². The minimum Gasteiger partial charge on any atom is -0.471 e. The zero-order valence-corrected chi connectivity index (χ0v) is 23.0. The average Bonchev–Trinajstić information content (AvgIpc) is 3.45. The summed E-state index contributed by atoms with van der Waals surface area (Å²) in [7, 11) is 0. The van der Waals surface area contributed by atoms with Crippen LogP contribution in [0.1, 0.15) is 26.5 Å². The molecule has 1 unspecified atom stereocenters. The van der Waals surface area contributed by atoms with Crippen LogP contribution in [0, 0.1) is 30.0 Å². The maximum atomic E-state index is 15.3. The summed E-state index contributed by atoms with van der Waals surface area (Å²) >= 11 is 0. The SMILES string of the molecule is [C-]#[N+]C1(c2ccc(-c3c(F)cc(N4C[C@H](COc5ccon5)OC4=O)cc3F)cn2)[C@@H]2CN(C(=O)OC(C)(C)C)C[C@@H]21. The monoisotopic (exact) mass is 579 g/mol. The molecule has 1 saturated carbocycles. The van der Waals surface area contributed by atoms with Crippen LogP contribution in [0.3, 0.4) is 0 Å². The number of hydrogen-bond acceptors (Lipinski definition) is 8. The first-order valence-electron chi connectivity index (χ1n) is 13.3. The number of rotatable bonds is 6. The molecule has 0 spiro atoms. The van der Waals surface area contributed by atoms with Crippen LogP contribution in [-0.2, 0) is 15.0 Å². The number of carbonyl (C=O) groups is 2. The molecule has 2 amide bonds. The van der Waals surface area contributed by atoms with Gasteiger partial charge in [0.15, 0.2) is 6.10 Å². The third kappa shape index (κ3) is 4.76. The van der Waals surface area contributed by atoms with Gasteiger partial charge in [0.25, 0.3) is 11.4 Å². The van der Waals surface area contributed by atoms with E-state index in [1.54, 1.807) is 31.7 Å². The molecule has 3 fully saturated rings. The zero-order valence-electron chi connectivity index (χ0n) is 23.0. The van der Waals surface area contributed by atoms with E-state index < -0.39 is 41.1 Å². The summed E-state index contributed by atoms with van der Waals surface area (Å²) in [4.78, 5) is 35.9. The van der Waals surface area contributed by atoms with Crippen LogP contribution in [0.2, 0.25) is 0 Å². The van der Waals surface area contributed by atoms with Crippen molar-refractivity contribution >= 4 is 17.9 Å². The normalized spacial score (nSPS) is 24.7. The highest BCUT2D eigenvalue weighted by molar-refractivity contribution is 5.90. The smallest absolute Gasteiger partial charge is 0.414 e. The quantitative estimate of drug-likeness (QED) is 0.374. The molecule has 2 aromatic heterocycles. The predicted octanol–water partition coefficient (Wildman–Crippen LogP) is 5.03. The van der Waals surface area contributed by atoms with Gasteiger partial charge < -0.3 is 28.5 Å². The second-order valence-electron chi connectivity index (χ2n) is 11.5. The number of benzene rings is 1. The molecule has 6 rings (SSSR count). The number of carbonyl (C=O) groups excluding carboxylic acids is 2. The van der Waals surface area contributed by atoms with Crippen LogP contribution < -0.4 is 9.64 Å². The van der Waals surface area contributed by atoms with Crippen LogP contribution in [0.5, 0.6) is 5.88 Å². The molecule has 0 radical (unpaired) electrons. The number of amides is 2. The number of nitrogens with zero attached hydrogens (tertiary/aromatic N) is 5. The molecule has 42 heavy (non-hydrogen) atoms. The Hall–Kier alpha value is -4.73. The third-order valence-corrected chi connectivity index (χ3v) is 7.68. The van der Waals surface area contributed by atoms with Gasteiger partial charge in [0.05, 0.1) is 29.6 Å². The van der Waals surface area contributed by atoms with Gasteiger partial charge in [0.2, 0.25) is 0 Å². The number of likely N-dealkylation sites (tertiary alicyclic amines) is 1. The van der Waals surface area contributed by atoms with Crippen LogP contribution in [-0.4, -0.2) is 65.2 Å². The number of halogens is 2. The first-order chi connectivity index (χ1) is 20.0. The summed E-state index contributed by atoms with van der Waals surface area (Å²) in [6, 6.07) is 6.75. The molecule has 11 nitrogen and oxygen atoms in total. The second kappa shape index (κ2) is 9.97. The molecule has 2 saturated heterocycles. The molecule has 1 aromatic carbocycles. The molecular weight excluding hydrogens is 552 g/mol. The Bertz CT molecular complexity index is 1530. The van der Waals surface area contributed by atoms with Crippen LogP contribution in [0.25, 0.3) is 16.0 Å². The van der Waals surface area contributed by atoms with Crippen molar-refractivity contribution in [3.63, 3.8) is 0 Å². The highest BCUT2D eigenvalue weighted by Crippen LogP contribution is 2.64. The number of cyclic esters (lactones) is 1. The second-order valence-corrected chi connectivity index (χ2v) is 11.5. The lowest BCUT2D eigenvalue weighted by Crippen LogP contribution is -2.38. The maximum absolute atomic E-state index is 15.3. The molecule has 3 aliphatic rings. The summed E-state index contributed by atoms with van der Waals surface area (Å²) in [6.07, 6.45) is 0.823. The fourth-order valence-corrected chi connectivity index (χ4v) is 5.73. The van der Waals surface area contributed by atoms with E-state index in [2.05, 4.69) is 19.5 Å². The highest BCUT2D eigenvalue weighted by Gasteiger charge is 2.78. The van der Waals surface area contributed by atoms with Crippen molar-refractivity contribution in [3.05, 3.63) is 71.5 Å². The minimum atomic E-state index is -0.887. The Morgan fingerprint density at radius 2 is 1.88 bits per heavy atom. The fraction of sp³-hybridized carbons (Fsp3) is 0.414. The van der Waals surface area contributed by atoms with Crippen molar-refractivity contribution in [1.82, 2.24) is 15.0 Å². The third-order valence-electron chi connectivity index (χ3n) is 7.68. The summed E-state index contributed by atoms with van der Waals surface area (Å²) in [6.45, 7) is 14.0. The Morgan fingerprint density at radius 3 is 2.45 bits per heavy atom. The van der Waals surface area contributed by atoms with Crippen molar-refractivity contribution in [1.29, 1.82) is 0 Å². The molecule has 218 valence electrons. The molecular formula is C29H27F2N5O6. The molecule has 0 N–H and O–H groups in total. The van der Waals surface area contributed by atoms with Gasteiger partial charge >= 0.3 is 12.2 Å². The van der Waals surface area contributed by atoms with Gasteiger partial charge in [-0.05, 0) is 44.1 Å². The van der Waals surface area contributed by atoms with Gasteiger partial charge in [0, 0.05) is 30.9 Å². The van der Waals surface area contributed by atoms with E-state index >= 15 is 8.78 Å². The highest BCUT2D eigenvalue weighted by atomic mass is 19.1. The fourth-order valence-electron chi connectivity index (χ4n) is 5.73. The van der Waals surface area contributed by atoms with Gasteiger partial charge in [-0.25, -0.2) is 24.9 Å². The zero-order chi connectivity index (χ0) is 29.8. The topological polar surface area (TPSA) is 112 Å². The number of anilines is 1. The lowest BCUT2D eigenvalue weighted by Gasteiger charge is -2.26. The van der Waals surface area contributed by atoms with Crippen LogP contribution in [0.15, 0.2) is 47.3 Å². The van der Waals surface area contributed by atoms with E-state index in [4.69, 9.17) is 20.8 Å². The number of hydrogen-bond donors (Lipinski definition) is 0. The summed E-state index contributed by atoms with van der Waals surface area (Å²) < 4.78 is 51.3. The number of ether oxygens (including phenoxy) is 3. The lowest BCUT2D eigenvalue weighted by molar-refractivity contribution is 0.0264. The maximum Gasteiger partial charge on any atom is 0.414 e. The van der Waals surface area contributed by atoms with Crippen molar-refractivity contribution in [3.8, 4) is 17.0 Å². The summed E-state index contributed by atoms with van der Waals surface area (Å²) in [5, 5.41) is 3.61. The summed E-state index contributed by atoms with van der Waals surface area (Å²) in [5.41, 5.74) is -1.13. The van der Waals surface area contributed by atoms with Crippen LogP contribution >= 0.6 is 0 Å². The molecule has 4 atom stereocenters. The predicted molar refractivity (Wildman–Crippen MR) is 142 cm³/mol. The number of aromatic nitrogens is 2. The molecule has 4 heterocycles. The first kappa shape index (κ1) is 27.4. The van der Waals surface area contributed by atoms with Gasteiger partial charge in [-0.3, -0.25) is 9.88 Å². The number of piperidine rings is 1. The molecule has 3 aromatic rings. The lowest BCUT2D eigenvalue weighted by atomic mass is 10.0. The molecule has 1 aliphatic carbocycles. The van der Waals surface area contributed by atoms with Gasteiger partial charge in [0.1, 0.15) is 35.8 Å². The average molecular weight is 580 g/mol. The number of fused-ring (bicyclic) bond motifs is 1. The number of pyridine rings is 1. The van der Waals surface area contributed by atoms with E-state index in [1.807, 2.05) is 0 Å². The minimum absolute atomic E-state index is 0.000397. The Kier molecular flexibility index (Phi) is 6.51.